The number of benzene rings is 1. The molecule has 1 N–H and O–H groups in total. The van der Waals surface area contributed by atoms with E-state index < -0.39 is 0 Å². The van der Waals surface area contributed by atoms with Crippen molar-refractivity contribution >= 4 is 11.3 Å². The summed E-state index contributed by atoms with van der Waals surface area (Å²) in [6.45, 7) is 5.37. The quantitative estimate of drug-likeness (QED) is 0.781. The highest BCUT2D eigenvalue weighted by Gasteiger charge is 2.19. The zero-order valence-corrected chi connectivity index (χ0v) is 13.9. The van der Waals surface area contributed by atoms with Gasteiger partial charge in [0.25, 0.3) is 0 Å². The number of hydrogen-bond donors (Lipinski definition) is 1. The van der Waals surface area contributed by atoms with E-state index in [9.17, 15) is 0 Å². The molecule has 1 heterocycles. The van der Waals surface area contributed by atoms with E-state index in [-0.39, 0.29) is 0 Å². The van der Waals surface area contributed by atoms with Gasteiger partial charge in [0.05, 0.1) is 6.04 Å². The zero-order valence-electron chi connectivity index (χ0n) is 13.1. The maximum atomic E-state index is 3.68. The van der Waals surface area contributed by atoms with E-state index in [4.69, 9.17) is 0 Å². The summed E-state index contributed by atoms with van der Waals surface area (Å²) in [7, 11) is 0. The molecular weight excluding hydrogens is 274 g/mol. The van der Waals surface area contributed by atoms with Gasteiger partial charge < -0.3 is 5.32 Å². The van der Waals surface area contributed by atoms with E-state index in [2.05, 4.69) is 49.5 Å². The Balaban J connectivity index is 1.94. The van der Waals surface area contributed by atoms with Gasteiger partial charge in [-0.1, -0.05) is 43.2 Å². The lowest BCUT2D eigenvalue weighted by atomic mass is 10.0. The summed E-state index contributed by atoms with van der Waals surface area (Å²) < 4.78 is 0. The van der Waals surface area contributed by atoms with Crippen LogP contribution in [0, 0.1) is 6.92 Å². The van der Waals surface area contributed by atoms with Gasteiger partial charge >= 0.3 is 0 Å². The second kappa shape index (κ2) is 6.76. The monoisotopic (exact) mass is 299 g/mol. The van der Waals surface area contributed by atoms with Crippen molar-refractivity contribution in [3.05, 3.63) is 56.8 Å². The van der Waals surface area contributed by atoms with Crippen molar-refractivity contribution in [3.8, 4) is 0 Å². The summed E-state index contributed by atoms with van der Waals surface area (Å²) in [5.41, 5.74) is 4.35. The van der Waals surface area contributed by atoms with Crippen LogP contribution in [0.1, 0.15) is 58.7 Å². The molecule has 0 amide bonds. The van der Waals surface area contributed by atoms with Gasteiger partial charge in [-0.3, -0.25) is 0 Å². The molecule has 1 atom stereocenters. The van der Waals surface area contributed by atoms with Crippen molar-refractivity contribution in [1.29, 1.82) is 0 Å². The van der Waals surface area contributed by atoms with Gasteiger partial charge in [-0.15, -0.1) is 11.3 Å². The smallest absolute Gasteiger partial charge is 0.0671 e. The molecule has 1 nitrogen and oxygen atoms in total. The molecule has 0 saturated carbocycles. The summed E-state index contributed by atoms with van der Waals surface area (Å²) in [6.07, 6.45) is 6.68. The molecule has 0 bridgehead atoms. The first-order valence-electron chi connectivity index (χ1n) is 8.19. The van der Waals surface area contributed by atoms with Gasteiger partial charge in [0.15, 0.2) is 0 Å². The first-order chi connectivity index (χ1) is 10.3. The average Bonchev–Trinajstić information content (AvgIpc) is 2.75. The van der Waals surface area contributed by atoms with Crippen LogP contribution < -0.4 is 5.32 Å². The van der Waals surface area contributed by atoms with Crippen LogP contribution in [0.15, 0.2) is 30.3 Å². The summed E-state index contributed by atoms with van der Waals surface area (Å²) in [5, 5.41) is 3.68. The fourth-order valence-electron chi connectivity index (χ4n) is 3.27. The predicted octanol–water partition coefficient (Wildman–Crippen LogP) is 5.02. The van der Waals surface area contributed by atoms with E-state index in [0.29, 0.717) is 6.04 Å². The van der Waals surface area contributed by atoms with E-state index in [1.165, 1.54) is 48.1 Å². The Morgan fingerprint density at radius 1 is 1.14 bits per heavy atom. The van der Waals surface area contributed by atoms with Crippen LogP contribution in [-0.4, -0.2) is 6.54 Å². The molecule has 1 aliphatic rings. The van der Waals surface area contributed by atoms with Gasteiger partial charge in [0.1, 0.15) is 0 Å². The number of rotatable bonds is 4. The first kappa shape index (κ1) is 14.8. The number of fused-ring (bicyclic) bond motifs is 1. The molecule has 0 aliphatic heterocycles. The predicted molar refractivity (Wildman–Crippen MR) is 92.3 cm³/mol. The molecule has 3 rings (SSSR count). The highest BCUT2D eigenvalue weighted by molar-refractivity contribution is 7.12. The maximum Gasteiger partial charge on any atom is 0.0671 e. The van der Waals surface area contributed by atoms with Crippen molar-refractivity contribution in [3.63, 3.8) is 0 Å². The van der Waals surface area contributed by atoms with Crippen molar-refractivity contribution in [2.24, 2.45) is 0 Å². The molecule has 2 aromatic rings. The van der Waals surface area contributed by atoms with E-state index >= 15 is 0 Å². The minimum absolute atomic E-state index is 0.354. The lowest BCUT2D eigenvalue weighted by molar-refractivity contribution is 0.638. The molecule has 112 valence electrons. The third-order valence-corrected chi connectivity index (χ3v) is 5.64. The Morgan fingerprint density at radius 2 is 2.00 bits per heavy atom. The number of hydrogen-bond acceptors (Lipinski definition) is 2. The maximum absolute atomic E-state index is 3.68. The Bertz CT molecular complexity index is 576. The molecule has 1 unspecified atom stereocenters. The highest BCUT2D eigenvalue weighted by Crippen LogP contribution is 2.35. The zero-order chi connectivity index (χ0) is 14.7. The fourth-order valence-corrected chi connectivity index (χ4v) is 4.63. The molecule has 0 fully saturated rings. The largest absolute Gasteiger partial charge is 0.306 e. The van der Waals surface area contributed by atoms with Crippen LogP contribution in [0.4, 0.5) is 0 Å². The molecule has 0 radical (unpaired) electrons. The Hall–Kier alpha value is -1.12. The topological polar surface area (TPSA) is 12.0 Å². The third-order valence-electron chi connectivity index (χ3n) is 4.33. The summed E-state index contributed by atoms with van der Waals surface area (Å²) in [4.78, 5) is 3.13. The number of aryl methyl sites for hydroxylation is 3. The minimum Gasteiger partial charge on any atom is -0.306 e. The van der Waals surface area contributed by atoms with E-state index in [1.807, 2.05) is 11.3 Å². The third kappa shape index (κ3) is 3.38. The average molecular weight is 299 g/mol. The summed E-state index contributed by atoms with van der Waals surface area (Å²) in [6, 6.07) is 11.8. The number of thiophene rings is 1. The van der Waals surface area contributed by atoms with Gasteiger partial charge in [0, 0.05) is 9.75 Å². The van der Waals surface area contributed by atoms with Gasteiger partial charge in [-0.05, 0) is 56.3 Å². The van der Waals surface area contributed by atoms with Crippen LogP contribution >= 0.6 is 11.3 Å². The number of nitrogens with one attached hydrogen (secondary N) is 1. The second-order valence-corrected chi connectivity index (χ2v) is 7.23. The first-order valence-corrected chi connectivity index (χ1v) is 9.01. The molecule has 0 saturated heterocycles. The van der Waals surface area contributed by atoms with Crippen LogP contribution in [-0.2, 0) is 12.8 Å². The lowest BCUT2D eigenvalue weighted by Gasteiger charge is -2.17. The molecule has 21 heavy (non-hydrogen) atoms. The molecule has 1 aromatic carbocycles. The van der Waals surface area contributed by atoms with Crippen LogP contribution in [0.3, 0.4) is 0 Å². The molecule has 1 aromatic heterocycles. The van der Waals surface area contributed by atoms with Crippen LogP contribution in [0.2, 0.25) is 0 Å². The van der Waals surface area contributed by atoms with Crippen molar-refractivity contribution in [1.82, 2.24) is 5.32 Å². The molecule has 1 aliphatic carbocycles. The Labute approximate surface area is 132 Å². The van der Waals surface area contributed by atoms with Crippen molar-refractivity contribution < 1.29 is 0 Å². The summed E-state index contributed by atoms with van der Waals surface area (Å²) in [5.74, 6) is 0. The van der Waals surface area contributed by atoms with Gasteiger partial charge in [-0.2, -0.15) is 0 Å². The van der Waals surface area contributed by atoms with Gasteiger partial charge in [-0.25, -0.2) is 0 Å². The highest BCUT2D eigenvalue weighted by atomic mass is 32.1. The molecular formula is C19H25NS. The second-order valence-electron chi connectivity index (χ2n) is 6.06. The van der Waals surface area contributed by atoms with Crippen molar-refractivity contribution in [2.75, 3.05) is 6.54 Å². The molecule has 0 spiro atoms. The van der Waals surface area contributed by atoms with Gasteiger partial charge in [0.2, 0.25) is 0 Å². The standard InChI is InChI=1S/C19H25NS/c1-3-20-19(16-10-7-8-14(2)12-16)18-13-15-9-5-4-6-11-17(15)21-18/h7-8,10,12-13,19-20H,3-6,9,11H2,1-2H3. The van der Waals surface area contributed by atoms with Crippen LogP contribution in [0.5, 0.6) is 0 Å². The Kier molecular flexibility index (Phi) is 4.77. The Morgan fingerprint density at radius 3 is 2.81 bits per heavy atom. The fraction of sp³-hybridized carbons (Fsp3) is 0.474. The normalized spacial score (nSPS) is 16.3. The van der Waals surface area contributed by atoms with E-state index in [0.717, 1.165) is 6.54 Å². The molecule has 2 heteroatoms. The van der Waals surface area contributed by atoms with Crippen LogP contribution in [0.25, 0.3) is 0 Å². The summed E-state index contributed by atoms with van der Waals surface area (Å²) >= 11 is 2.03. The van der Waals surface area contributed by atoms with Crippen molar-refractivity contribution in [2.45, 2.75) is 52.0 Å². The SMILES string of the molecule is CCNC(c1cccc(C)c1)c1cc2c(s1)CCCCC2. The van der Waals surface area contributed by atoms with E-state index in [1.54, 1.807) is 10.4 Å². The minimum atomic E-state index is 0.354. The lowest BCUT2D eigenvalue weighted by Crippen LogP contribution is -2.21.